The van der Waals surface area contributed by atoms with Crippen LogP contribution in [-0.4, -0.2) is 0 Å². The first-order valence-corrected chi connectivity index (χ1v) is 3.17. The number of halogens is 2. The molecule has 1 aromatic carbocycles. The number of rotatable bonds is 1. The Labute approximate surface area is 63.6 Å². The molecule has 0 aromatic heterocycles. The van der Waals surface area contributed by atoms with Gasteiger partial charge in [0.1, 0.15) is 5.82 Å². The molecule has 10 heavy (non-hydrogen) atoms. The monoisotopic (exact) mass is 158 g/mol. The highest BCUT2D eigenvalue weighted by atomic mass is 35.5. The minimum absolute atomic E-state index is 0.180. The van der Waals surface area contributed by atoms with E-state index in [0.29, 0.717) is 5.56 Å². The third kappa shape index (κ3) is 1.46. The van der Waals surface area contributed by atoms with Gasteiger partial charge in [-0.3, -0.25) is 0 Å². The molecule has 0 aliphatic rings. The van der Waals surface area contributed by atoms with E-state index >= 15 is 0 Å². The molecule has 1 aromatic rings. The standard InChI is InChI=1S/C7H6ClFN/c8-6-2-1-5(4-10)7(9)3-6/h1,3H,4,10H2. The summed E-state index contributed by atoms with van der Waals surface area (Å²) in [6.45, 7) is 0.180. The van der Waals surface area contributed by atoms with Crippen molar-refractivity contribution in [1.29, 1.82) is 0 Å². The lowest BCUT2D eigenvalue weighted by molar-refractivity contribution is 0.610. The molecule has 3 heteroatoms. The maximum atomic E-state index is 12.7. The van der Waals surface area contributed by atoms with Crippen molar-refractivity contribution in [2.45, 2.75) is 6.54 Å². The highest BCUT2D eigenvalue weighted by molar-refractivity contribution is 6.30. The van der Waals surface area contributed by atoms with Crippen LogP contribution in [0.4, 0.5) is 4.39 Å². The highest BCUT2D eigenvalue weighted by Gasteiger charge is 1.99. The molecule has 0 unspecified atom stereocenters. The lowest BCUT2D eigenvalue weighted by atomic mass is 10.2. The molecule has 0 saturated carbocycles. The molecular formula is C7H6ClFN. The van der Waals surface area contributed by atoms with Crippen LogP contribution < -0.4 is 5.73 Å². The van der Waals surface area contributed by atoms with Crippen molar-refractivity contribution >= 4 is 11.6 Å². The van der Waals surface area contributed by atoms with Crippen molar-refractivity contribution in [3.05, 3.63) is 34.6 Å². The maximum Gasteiger partial charge on any atom is 0.129 e. The summed E-state index contributed by atoms with van der Waals surface area (Å²) < 4.78 is 12.7. The van der Waals surface area contributed by atoms with Gasteiger partial charge in [-0.15, -0.1) is 0 Å². The average Bonchev–Trinajstić information content (AvgIpc) is 1.88. The van der Waals surface area contributed by atoms with Crippen molar-refractivity contribution in [3.8, 4) is 0 Å². The molecule has 0 atom stereocenters. The van der Waals surface area contributed by atoms with Crippen molar-refractivity contribution in [3.63, 3.8) is 0 Å². The molecule has 0 aliphatic carbocycles. The van der Waals surface area contributed by atoms with E-state index in [-0.39, 0.29) is 17.4 Å². The number of benzene rings is 1. The van der Waals surface area contributed by atoms with E-state index in [1.807, 2.05) is 0 Å². The Morgan fingerprint density at radius 3 is 2.90 bits per heavy atom. The summed E-state index contributed by atoms with van der Waals surface area (Å²) in [7, 11) is 0. The smallest absolute Gasteiger partial charge is 0.129 e. The predicted octanol–water partition coefficient (Wildman–Crippen LogP) is 1.74. The van der Waals surface area contributed by atoms with Gasteiger partial charge in [0.2, 0.25) is 0 Å². The molecule has 53 valence electrons. The van der Waals surface area contributed by atoms with Gasteiger partial charge in [0.15, 0.2) is 0 Å². The van der Waals surface area contributed by atoms with Crippen LogP contribution in [0, 0.1) is 11.9 Å². The minimum atomic E-state index is -0.369. The first-order chi connectivity index (χ1) is 4.74. The topological polar surface area (TPSA) is 26.0 Å². The van der Waals surface area contributed by atoms with Crippen LogP contribution in [0.2, 0.25) is 5.02 Å². The second kappa shape index (κ2) is 2.99. The fourth-order valence-corrected chi connectivity index (χ4v) is 0.777. The molecule has 1 nitrogen and oxygen atoms in total. The quantitative estimate of drug-likeness (QED) is 0.662. The molecule has 1 rings (SSSR count). The number of hydrogen-bond acceptors (Lipinski definition) is 1. The van der Waals surface area contributed by atoms with E-state index < -0.39 is 0 Å². The van der Waals surface area contributed by atoms with Crippen LogP contribution in [0.3, 0.4) is 0 Å². The molecule has 0 aliphatic heterocycles. The van der Waals surface area contributed by atoms with Gasteiger partial charge in [-0.1, -0.05) is 11.6 Å². The molecule has 0 bridgehead atoms. The Kier molecular flexibility index (Phi) is 2.25. The molecule has 0 saturated heterocycles. The zero-order valence-electron chi connectivity index (χ0n) is 5.20. The Morgan fingerprint density at radius 1 is 1.70 bits per heavy atom. The zero-order chi connectivity index (χ0) is 7.56. The third-order valence-electron chi connectivity index (χ3n) is 1.16. The first-order valence-electron chi connectivity index (χ1n) is 2.79. The molecule has 0 heterocycles. The fourth-order valence-electron chi connectivity index (χ4n) is 0.627. The molecule has 0 amide bonds. The molecule has 0 spiro atoms. The van der Waals surface area contributed by atoms with E-state index in [1.165, 1.54) is 12.1 Å². The normalized spacial score (nSPS) is 9.90. The second-order valence-corrected chi connectivity index (χ2v) is 2.27. The average molecular weight is 159 g/mol. The Bertz CT molecular complexity index is 237. The fraction of sp³-hybridized carbons (Fsp3) is 0.143. The van der Waals surface area contributed by atoms with E-state index in [9.17, 15) is 4.39 Å². The van der Waals surface area contributed by atoms with Crippen LogP contribution in [0.25, 0.3) is 0 Å². The van der Waals surface area contributed by atoms with Gasteiger partial charge in [-0.2, -0.15) is 0 Å². The summed E-state index contributed by atoms with van der Waals surface area (Å²) in [5.74, 6) is -0.369. The highest BCUT2D eigenvalue weighted by Crippen LogP contribution is 2.12. The second-order valence-electron chi connectivity index (χ2n) is 1.86. The van der Waals surface area contributed by atoms with Gasteiger partial charge < -0.3 is 5.73 Å². The lowest BCUT2D eigenvalue weighted by Crippen LogP contribution is -1.98. The minimum Gasteiger partial charge on any atom is -0.326 e. The SMILES string of the molecule is NCc1c[c]c(Cl)cc1F. The summed E-state index contributed by atoms with van der Waals surface area (Å²) in [6, 6.07) is 5.29. The van der Waals surface area contributed by atoms with E-state index in [2.05, 4.69) is 6.07 Å². The van der Waals surface area contributed by atoms with Gasteiger partial charge in [0.25, 0.3) is 0 Å². The van der Waals surface area contributed by atoms with Crippen LogP contribution >= 0.6 is 11.6 Å². The molecule has 1 radical (unpaired) electrons. The van der Waals surface area contributed by atoms with Crippen LogP contribution in [0.5, 0.6) is 0 Å². The summed E-state index contributed by atoms with van der Waals surface area (Å²) in [5, 5.41) is 0.273. The Balaban J connectivity index is 3.07. The van der Waals surface area contributed by atoms with Crippen molar-refractivity contribution in [2.24, 2.45) is 5.73 Å². The van der Waals surface area contributed by atoms with E-state index in [1.54, 1.807) is 0 Å². The summed E-state index contributed by atoms with van der Waals surface area (Å²) in [5.41, 5.74) is 5.63. The first kappa shape index (κ1) is 7.51. The number of nitrogens with two attached hydrogens (primary N) is 1. The van der Waals surface area contributed by atoms with Gasteiger partial charge in [-0.25, -0.2) is 4.39 Å². The molecule has 0 fully saturated rings. The third-order valence-corrected chi connectivity index (χ3v) is 1.38. The van der Waals surface area contributed by atoms with Crippen molar-refractivity contribution < 1.29 is 4.39 Å². The lowest BCUT2D eigenvalue weighted by Gasteiger charge is -1.97. The van der Waals surface area contributed by atoms with Gasteiger partial charge in [-0.05, 0) is 12.1 Å². The molecule has 2 N–H and O–H groups in total. The van der Waals surface area contributed by atoms with E-state index in [4.69, 9.17) is 17.3 Å². The van der Waals surface area contributed by atoms with Gasteiger partial charge >= 0.3 is 0 Å². The van der Waals surface area contributed by atoms with Gasteiger partial charge in [0, 0.05) is 18.2 Å². The van der Waals surface area contributed by atoms with Crippen LogP contribution in [0.1, 0.15) is 5.56 Å². The zero-order valence-corrected chi connectivity index (χ0v) is 5.95. The van der Waals surface area contributed by atoms with Crippen molar-refractivity contribution in [1.82, 2.24) is 0 Å². The predicted molar refractivity (Wildman–Crippen MR) is 38.1 cm³/mol. The summed E-state index contributed by atoms with van der Waals surface area (Å²) in [6.07, 6.45) is 0. The Morgan fingerprint density at radius 2 is 2.40 bits per heavy atom. The Hall–Kier alpha value is -0.600. The maximum absolute atomic E-state index is 12.7. The largest absolute Gasteiger partial charge is 0.326 e. The van der Waals surface area contributed by atoms with E-state index in [0.717, 1.165) is 0 Å². The van der Waals surface area contributed by atoms with Crippen molar-refractivity contribution in [2.75, 3.05) is 0 Å². The van der Waals surface area contributed by atoms with Crippen LogP contribution in [-0.2, 0) is 6.54 Å². The molecular weight excluding hydrogens is 153 g/mol. The number of hydrogen-bond donors (Lipinski definition) is 1. The van der Waals surface area contributed by atoms with Crippen LogP contribution in [0.15, 0.2) is 12.1 Å². The van der Waals surface area contributed by atoms with Gasteiger partial charge in [0.05, 0.1) is 5.02 Å². The summed E-state index contributed by atoms with van der Waals surface area (Å²) in [4.78, 5) is 0. The summed E-state index contributed by atoms with van der Waals surface area (Å²) >= 11 is 5.44.